The van der Waals surface area contributed by atoms with Crippen LogP contribution < -0.4 is 10.2 Å². The number of hydrogen-bond acceptors (Lipinski definition) is 4. The van der Waals surface area contributed by atoms with E-state index < -0.39 is 11.9 Å². The first-order valence-electron chi connectivity index (χ1n) is 8.94. The Balaban J connectivity index is -0.000000338. The second-order valence-electron chi connectivity index (χ2n) is 5.78. The molecule has 0 spiro atoms. The van der Waals surface area contributed by atoms with E-state index in [0.29, 0.717) is 0 Å². The number of hydrogen-bond donors (Lipinski definition) is 0. The zero-order valence-electron chi connectivity index (χ0n) is 15.0. The second-order valence-corrected chi connectivity index (χ2v) is 5.78. The predicted molar refractivity (Wildman–Crippen MR) is 91.8 cm³/mol. The molecule has 4 radical (unpaired) electrons. The summed E-state index contributed by atoms with van der Waals surface area (Å²) >= 11 is 0. The summed E-state index contributed by atoms with van der Waals surface area (Å²) in [6.07, 6.45) is 13.9. The summed E-state index contributed by atoms with van der Waals surface area (Å²) < 4.78 is 0. The van der Waals surface area contributed by atoms with Gasteiger partial charge in [-0.15, -0.1) is 0 Å². The maximum Gasteiger partial charge on any atom is 0.0414 e. The molecule has 5 heteroatoms. The molecule has 0 unspecified atom stereocenters. The molecule has 0 bridgehead atoms. The van der Waals surface area contributed by atoms with E-state index in [4.69, 9.17) is 0 Å². The molecule has 0 rings (SSSR count). The molecule has 4 nitrogen and oxygen atoms in total. The van der Waals surface area contributed by atoms with Crippen molar-refractivity contribution in [3.05, 3.63) is 0 Å². The standard InChI is InChI=1S/C10H20O2.C8H16O2.Pb/c1-2-3-4-5-6-7-8-9-10(11)12;1-2-3-4-5-6-7-8(9)10;/h2-9H2,1H3,(H,11,12);2-7H2,1H3,(H,9,10);/p-2. The van der Waals surface area contributed by atoms with Gasteiger partial charge in [0.1, 0.15) is 0 Å². The summed E-state index contributed by atoms with van der Waals surface area (Å²) in [7, 11) is 0. The van der Waals surface area contributed by atoms with Crippen molar-refractivity contribution in [2.75, 3.05) is 0 Å². The molecule has 0 aromatic rings. The zero-order valence-corrected chi connectivity index (χ0v) is 18.9. The fourth-order valence-electron chi connectivity index (χ4n) is 2.10. The Labute approximate surface area is 162 Å². The van der Waals surface area contributed by atoms with Crippen LogP contribution in [-0.4, -0.2) is 39.2 Å². The normalized spacial score (nSPS) is 9.48. The zero-order chi connectivity index (χ0) is 17.1. The summed E-state index contributed by atoms with van der Waals surface area (Å²) in [6.45, 7) is 4.33. The number of rotatable bonds is 14. The molecule has 0 fully saturated rings. The van der Waals surface area contributed by atoms with Gasteiger partial charge in [0.15, 0.2) is 0 Å². The molecule has 0 atom stereocenters. The van der Waals surface area contributed by atoms with Crippen molar-refractivity contribution < 1.29 is 19.8 Å². The summed E-state index contributed by atoms with van der Waals surface area (Å²) in [5.41, 5.74) is 0. The number of unbranched alkanes of at least 4 members (excludes halogenated alkanes) is 10. The van der Waals surface area contributed by atoms with Gasteiger partial charge in [0.05, 0.1) is 0 Å². The number of carbonyl (C=O) groups is 2. The minimum atomic E-state index is -0.920. The van der Waals surface area contributed by atoms with E-state index in [1.54, 1.807) is 0 Å². The van der Waals surface area contributed by atoms with E-state index in [2.05, 4.69) is 13.8 Å². The molecule has 23 heavy (non-hydrogen) atoms. The van der Waals surface area contributed by atoms with E-state index in [-0.39, 0.29) is 40.1 Å². The van der Waals surface area contributed by atoms with Gasteiger partial charge in [0.2, 0.25) is 0 Å². The van der Waals surface area contributed by atoms with E-state index in [9.17, 15) is 19.8 Å². The van der Waals surface area contributed by atoms with Crippen LogP contribution in [0.4, 0.5) is 0 Å². The van der Waals surface area contributed by atoms with Crippen molar-refractivity contribution in [3.63, 3.8) is 0 Å². The molecule has 0 N–H and O–H groups in total. The van der Waals surface area contributed by atoms with Crippen molar-refractivity contribution in [1.82, 2.24) is 0 Å². The molecule has 0 aromatic carbocycles. The smallest absolute Gasteiger partial charge is 0.0414 e. The Morgan fingerprint density at radius 2 is 0.826 bits per heavy atom. The fraction of sp³-hybridized carbons (Fsp3) is 0.889. The third-order valence-corrected chi connectivity index (χ3v) is 3.47. The second kappa shape index (κ2) is 24.1. The van der Waals surface area contributed by atoms with Crippen molar-refractivity contribution in [2.45, 2.75) is 104 Å². The Morgan fingerprint density at radius 1 is 0.565 bits per heavy atom. The van der Waals surface area contributed by atoms with Gasteiger partial charge in [-0.3, -0.25) is 0 Å². The molecular formula is C18H34O4Pb-2. The van der Waals surface area contributed by atoms with Gasteiger partial charge < -0.3 is 19.8 Å². The van der Waals surface area contributed by atoms with Crippen molar-refractivity contribution >= 4 is 39.2 Å². The van der Waals surface area contributed by atoms with Crippen LogP contribution in [0, 0.1) is 0 Å². The van der Waals surface area contributed by atoms with Crippen LogP contribution in [0.5, 0.6) is 0 Å². The summed E-state index contributed by atoms with van der Waals surface area (Å²) in [5.74, 6) is -1.83. The Hall–Kier alpha value is -0.138. The topological polar surface area (TPSA) is 80.3 Å². The molecule has 136 valence electrons. The number of carboxylic acid groups (broad SMARTS) is 2. The van der Waals surface area contributed by atoms with E-state index in [0.717, 1.165) is 32.1 Å². The van der Waals surface area contributed by atoms with Crippen LogP contribution in [0.1, 0.15) is 104 Å². The van der Waals surface area contributed by atoms with Crippen LogP contribution in [0.2, 0.25) is 0 Å². The Morgan fingerprint density at radius 3 is 1.09 bits per heavy atom. The molecule has 0 saturated heterocycles. The van der Waals surface area contributed by atoms with E-state index in [1.165, 1.54) is 44.9 Å². The average Bonchev–Trinajstić information content (AvgIpc) is 2.46. The van der Waals surface area contributed by atoms with Gasteiger partial charge >= 0.3 is 0 Å². The third-order valence-electron chi connectivity index (χ3n) is 3.47. The molecule has 0 aromatic heterocycles. The minimum absolute atomic E-state index is 0. The van der Waals surface area contributed by atoms with Crippen LogP contribution in [0.3, 0.4) is 0 Å². The van der Waals surface area contributed by atoms with Gasteiger partial charge in [-0.25, -0.2) is 0 Å². The number of aliphatic carboxylic acids is 2. The molecular weight excluding hydrogens is 487 g/mol. The fourth-order valence-corrected chi connectivity index (χ4v) is 2.10. The number of carboxylic acids is 2. The SMILES string of the molecule is CCCCCCCC(=O)[O-].CCCCCCCCCC(=O)[O-].[Pb]. The predicted octanol–water partition coefficient (Wildman–Crippen LogP) is 2.59. The molecule has 0 amide bonds. The molecule has 0 saturated carbocycles. The van der Waals surface area contributed by atoms with Crippen LogP contribution >= 0.6 is 0 Å². The Kier molecular flexibility index (Phi) is 29.0. The number of carbonyl (C=O) groups excluding carboxylic acids is 2. The van der Waals surface area contributed by atoms with Gasteiger partial charge in [0.25, 0.3) is 0 Å². The van der Waals surface area contributed by atoms with Crippen LogP contribution in [-0.2, 0) is 9.59 Å². The van der Waals surface area contributed by atoms with Crippen molar-refractivity contribution in [1.29, 1.82) is 0 Å². The van der Waals surface area contributed by atoms with E-state index >= 15 is 0 Å². The van der Waals surface area contributed by atoms with E-state index in [1.807, 2.05) is 0 Å². The summed E-state index contributed by atoms with van der Waals surface area (Å²) in [6, 6.07) is 0. The summed E-state index contributed by atoms with van der Waals surface area (Å²) in [5, 5.41) is 19.9. The van der Waals surface area contributed by atoms with Crippen LogP contribution in [0.15, 0.2) is 0 Å². The van der Waals surface area contributed by atoms with Crippen molar-refractivity contribution in [3.8, 4) is 0 Å². The molecule has 0 aliphatic rings. The molecule has 0 aliphatic carbocycles. The first kappa shape index (κ1) is 27.7. The minimum Gasteiger partial charge on any atom is -0.550 e. The first-order valence-corrected chi connectivity index (χ1v) is 8.94. The monoisotopic (exact) mass is 522 g/mol. The largest absolute Gasteiger partial charge is 0.550 e. The van der Waals surface area contributed by atoms with Gasteiger partial charge in [0, 0.05) is 39.2 Å². The quantitative estimate of drug-likeness (QED) is 0.260. The van der Waals surface area contributed by atoms with Gasteiger partial charge in [-0.2, -0.15) is 0 Å². The maximum absolute atomic E-state index is 10.0. The van der Waals surface area contributed by atoms with Gasteiger partial charge in [-0.1, -0.05) is 78.1 Å². The first-order chi connectivity index (χ1) is 10.5. The maximum atomic E-state index is 10.0. The van der Waals surface area contributed by atoms with Crippen LogP contribution in [0.25, 0.3) is 0 Å². The van der Waals surface area contributed by atoms with Crippen molar-refractivity contribution in [2.24, 2.45) is 0 Å². The van der Waals surface area contributed by atoms with Gasteiger partial charge in [-0.05, 0) is 25.7 Å². The molecule has 0 heterocycles. The summed E-state index contributed by atoms with van der Waals surface area (Å²) in [4.78, 5) is 19.9. The Bertz CT molecular complexity index is 257. The third kappa shape index (κ3) is 34.3. The average molecular weight is 522 g/mol. The molecule has 0 aliphatic heterocycles.